The maximum atomic E-state index is 14.4. The highest BCUT2D eigenvalue weighted by molar-refractivity contribution is 6.07. The average molecular weight is 529 g/mol. The van der Waals surface area contributed by atoms with E-state index in [4.69, 9.17) is 5.73 Å². The molecule has 1 fully saturated rings. The number of benzene rings is 1. The standard InChI is InChI=1S/C29H29FN6O3/c1-18-4-2-6-26(33-18)34-29(39)25-10-8-21(30)11-13-36(25)27(37)17-35-16-23(28(31)38)22-14-19(7-9-24(22)35)20-5-3-12-32-15-20/h2-7,9,12,14-16,21,25H,8,10-11,13,17H2,1H3,(H2,31,38)(H,33,34,39)/t21?,25-/m0/s1. The van der Waals surface area contributed by atoms with Crippen molar-refractivity contribution >= 4 is 34.4 Å². The maximum absolute atomic E-state index is 14.4. The Hall–Kier alpha value is -4.60. The third-order valence-corrected chi connectivity index (χ3v) is 7.02. The molecule has 0 spiro atoms. The van der Waals surface area contributed by atoms with Gasteiger partial charge in [0.2, 0.25) is 11.8 Å². The molecule has 5 rings (SSSR count). The van der Waals surface area contributed by atoms with Gasteiger partial charge in [-0.05, 0) is 62.1 Å². The lowest BCUT2D eigenvalue weighted by Gasteiger charge is -2.29. The summed E-state index contributed by atoms with van der Waals surface area (Å²) in [5.41, 5.74) is 9.07. The van der Waals surface area contributed by atoms with Gasteiger partial charge in [-0.2, -0.15) is 0 Å². The number of carbonyl (C=O) groups excluding carboxylic acids is 3. The Morgan fingerprint density at radius 1 is 1.08 bits per heavy atom. The summed E-state index contributed by atoms with van der Waals surface area (Å²) in [7, 11) is 0. The molecule has 3 N–H and O–H groups in total. The largest absolute Gasteiger partial charge is 0.366 e. The quantitative estimate of drug-likeness (QED) is 0.393. The molecule has 39 heavy (non-hydrogen) atoms. The predicted molar refractivity (Wildman–Crippen MR) is 146 cm³/mol. The molecule has 4 aromatic rings. The molecule has 0 aliphatic carbocycles. The van der Waals surface area contributed by atoms with Crippen molar-refractivity contribution in [1.29, 1.82) is 0 Å². The number of aromatic nitrogens is 3. The highest BCUT2D eigenvalue weighted by atomic mass is 19.1. The minimum atomic E-state index is -1.10. The van der Waals surface area contributed by atoms with E-state index in [0.29, 0.717) is 16.7 Å². The molecule has 1 aliphatic rings. The lowest BCUT2D eigenvalue weighted by molar-refractivity contribution is -0.139. The predicted octanol–water partition coefficient (Wildman–Crippen LogP) is 3.86. The average Bonchev–Trinajstić information content (AvgIpc) is 3.15. The van der Waals surface area contributed by atoms with Gasteiger partial charge >= 0.3 is 0 Å². The summed E-state index contributed by atoms with van der Waals surface area (Å²) in [6.45, 7) is 1.78. The number of pyridine rings is 2. The van der Waals surface area contributed by atoms with Crippen LogP contribution in [0.4, 0.5) is 10.2 Å². The zero-order chi connectivity index (χ0) is 27.5. The van der Waals surface area contributed by atoms with E-state index in [1.54, 1.807) is 35.3 Å². The molecule has 1 aliphatic heterocycles. The molecule has 3 aromatic heterocycles. The van der Waals surface area contributed by atoms with Crippen LogP contribution in [0.15, 0.2) is 67.1 Å². The fourth-order valence-corrected chi connectivity index (χ4v) is 5.04. The first-order chi connectivity index (χ1) is 18.8. The van der Waals surface area contributed by atoms with Crippen molar-refractivity contribution in [1.82, 2.24) is 19.4 Å². The Labute approximate surface area is 224 Å². The molecule has 9 nitrogen and oxygen atoms in total. The molecule has 10 heteroatoms. The summed E-state index contributed by atoms with van der Waals surface area (Å²) in [5, 5.41) is 3.38. The van der Waals surface area contributed by atoms with Crippen LogP contribution in [-0.2, 0) is 16.1 Å². The molecule has 3 amide bonds. The van der Waals surface area contributed by atoms with Gasteiger partial charge in [0.05, 0.1) is 5.56 Å². The molecular formula is C29H29FN6O3. The van der Waals surface area contributed by atoms with Crippen LogP contribution in [0.5, 0.6) is 0 Å². The zero-order valence-electron chi connectivity index (χ0n) is 21.5. The second-order valence-corrected chi connectivity index (χ2v) is 9.73. The highest BCUT2D eigenvalue weighted by Gasteiger charge is 2.34. The third-order valence-electron chi connectivity index (χ3n) is 7.02. The maximum Gasteiger partial charge on any atom is 0.250 e. The summed E-state index contributed by atoms with van der Waals surface area (Å²) in [6.07, 6.45) is 4.37. The van der Waals surface area contributed by atoms with Crippen LogP contribution < -0.4 is 11.1 Å². The van der Waals surface area contributed by atoms with E-state index in [1.807, 2.05) is 43.3 Å². The Morgan fingerprint density at radius 3 is 2.67 bits per heavy atom. The summed E-state index contributed by atoms with van der Waals surface area (Å²) < 4.78 is 16.0. The number of alkyl halides is 1. The van der Waals surface area contributed by atoms with Gasteiger partial charge in [0.25, 0.3) is 5.91 Å². The van der Waals surface area contributed by atoms with E-state index in [1.165, 1.54) is 4.90 Å². The van der Waals surface area contributed by atoms with E-state index in [0.717, 1.165) is 16.8 Å². The number of primary amides is 1. The van der Waals surface area contributed by atoms with Crippen LogP contribution in [0.3, 0.4) is 0 Å². The van der Waals surface area contributed by atoms with E-state index in [9.17, 15) is 18.8 Å². The minimum absolute atomic E-state index is 0.104. The van der Waals surface area contributed by atoms with Crippen LogP contribution in [0.1, 0.15) is 35.3 Å². The molecule has 0 bridgehead atoms. The molecule has 1 aromatic carbocycles. The number of halogens is 1. The van der Waals surface area contributed by atoms with E-state index in [-0.39, 0.29) is 43.8 Å². The van der Waals surface area contributed by atoms with Crippen LogP contribution in [0.2, 0.25) is 0 Å². The van der Waals surface area contributed by atoms with Crippen molar-refractivity contribution < 1.29 is 18.8 Å². The number of likely N-dealkylation sites (tertiary alicyclic amines) is 1. The van der Waals surface area contributed by atoms with Crippen LogP contribution >= 0.6 is 0 Å². The smallest absolute Gasteiger partial charge is 0.250 e. The summed E-state index contributed by atoms with van der Waals surface area (Å²) in [6, 6.07) is 13.7. The summed E-state index contributed by atoms with van der Waals surface area (Å²) in [4.78, 5) is 49.0. The number of nitrogens with two attached hydrogens (primary N) is 1. The zero-order valence-corrected chi connectivity index (χ0v) is 21.5. The lowest BCUT2D eigenvalue weighted by Crippen LogP contribution is -2.48. The SMILES string of the molecule is Cc1cccc(NC(=O)[C@@H]2CCC(F)CCN2C(=O)Cn2cc(C(N)=O)c3cc(-c4cccnc4)ccc32)n1. The van der Waals surface area contributed by atoms with Gasteiger partial charge in [0, 0.05) is 47.3 Å². The van der Waals surface area contributed by atoms with Crippen LogP contribution in [0.25, 0.3) is 22.0 Å². The van der Waals surface area contributed by atoms with E-state index >= 15 is 0 Å². The molecule has 4 heterocycles. The van der Waals surface area contributed by atoms with Crippen molar-refractivity contribution in [3.05, 3.63) is 78.4 Å². The second kappa shape index (κ2) is 11.0. The van der Waals surface area contributed by atoms with Gasteiger partial charge in [0.1, 0.15) is 24.6 Å². The summed E-state index contributed by atoms with van der Waals surface area (Å²) >= 11 is 0. The molecule has 1 unspecified atom stereocenters. The lowest BCUT2D eigenvalue weighted by atomic mass is 10.0. The van der Waals surface area contributed by atoms with Crippen LogP contribution in [-0.4, -0.2) is 55.9 Å². The number of aryl methyl sites for hydroxylation is 1. The van der Waals surface area contributed by atoms with Gasteiger partial charge in [-0.25, -0.2) is 9.37 Å². The number of hydrogen-bond acceptors (Lipinski definition) is 5. The fraction of sp³-hybridized carbons (Fsp3) is 0.276. The number of rotatable bonds is 6. The van der Waals surface area contributed by atoms with Crippen molar-refractivity contribution in [2.45, 2.75) is 44.9 Å². The number of fused-ring (bicyclic) bond motifs is 1. The third kappa shape index (κ3) is 5.64. The van der Waals surface area contributed by atoms with Crippen molar-refractivity contribution in [3.8, 4) is 11.1 Å². The number of nitrogens with one attached hydrogen (secondary N) is 1. The minimum Gasteiger partial charge on any atom is -0.366 e. The van der Waals surface area contributed by atoms with Gasteiger partial charge in [-0.1, -0.05) is 18.2 Å². The fourth-order valence-electron chi connectivity index (χ4n) is 5.04. The van der Waals surface area contributed by atoms with E-state index in [2.05, 4.69) is 15.3 Å². The molecule has 1 saturated heterocycles. The summed E-state index contributed by atoms with van der Waals surface area (Å²) in [5.74, 6) is -1.01. The van der Waals surface area contributed by atoms with Gasteiger partial charge in [-0.15, -0.1) is 0 Å². The topological polar surface area (TPSA) is 123 Å². The number of anilines is 1. The van der Waals surface area contributed by atoms with E-state index < -0.39 is 24.0 Å². The monoisotopic (exact) mass is 528 g/mol. The highest BCUT2D eigenvalue weighted by Crippen LogP contribution is 2.28. The second-order valence-electron chi connectivity index (χ2n) is 9.73. The Kier molecular flexibility index (Phi) is 7.36. The number of amides is 3. The van der Waals surface area contributed by atoms with Crippen molar-refractivity contribution in [2.24, 2.45) is 5.73 Å². The van der Waals surface area contributed by atoms with Crippen molar-refractivity contribution in [3.63, 3.8) is 0 Å². The molecular weight excluding hydrogens is 499 g/mol. The molecule has 0 radical (unpaired) electrons. The molecule has 0 saturated carbocycles. The Bertz CT molecular complexity index is 1540. The number of carbonyl (C=O) groups is 3. The number of hydrogen-bond donors (Lipinski definition) is 2. The Balaban J connectivity index is 1.43. The molecule has 200 valence electrons. The van der Waals surface area contributed by atoms with Crippen molar-refractivity contribution in [2.75, 3.05) is 11.9 Å². The number of nitrogens with zero attached hydrogens (tertiary/aromatic N) is 4. The first-order valence-electron chi connectivity index (χ1n) is 12.8. The van der Waals surface area contributed by atoms with Crippen LogP contribution in [0, 0.1) is 6.92 Å². The molecule has 2 atom stereocenters. The van der Waals surface area contributed by atoms with Gasteiger partial charge in [0.15, 0.2) is 0 Å². The first-order valence-corrected chi connectivity index (χ1v) is 12.8. The first kappa shape index (κ1) is 26.0. The van der Waals surface area contributed by atoms with Gasteiger partial charge < -0.3 is 20.5 Å². The van der Waals surface area contributed by atoms with Gasteiger partial charge in [-0.3, -0.25) is 19.4 Å². The Morgan fingerprint density at radius 2 is 1.92 bits per heavy atom. The normalized spacial score (nSPS) is 17.5.